The third-order valence-electron chi connectivity index (χ3n) is 3.69. The van der Waals surface area contributed by atoms with Crippen molar-refractivity contribution in [3.63, 3.8) is 0 Å². The van der Waals surface area contributed by atoms with Crippen LogP contribution in [-0.2, 0) is 11.2 Å². The quantitative estimate of drug-likeness (QED) is 0.551. The van der Waals surface area contributed by atoms with Crippen molar-refractivity contribution >= 4 is 23.4 Å². The van der Waals surface area contributed by atoms with Crippen molar-refractivity contribution in [2.24, 2.45) is 0 Å². The summed E-state index contributed by atoms with van der Waals surface area (Å²) in [5.74, 6) is -0.305. The average Bonchev–Trinajstić information content (AvgIpc) is 2.65. The summed E-state index contributed by atoms with van der Waals surface area (Å²) >= 11 is 6.06. The van der Waals surface area contributed by atoms with Crippen LogP contribution >= 0.6 is 11.6 Å². The lowest BCUT2D eigenvalue weighted by atomic mass is 10.1. The molecule has 0 radical (unpaired) electrons. The number of halogens is 1. The van der Waals surface area contributed by atoms with Crippen molar-refractivity contribution in [1.29, 1.82) is 0 Å². The zero-order valence-electron chi connectivity index (χ0n) is 14.3. The first-order chi connectivity index (χ1) is 12.0. The molecule has 2 aromatic rings. The molecule has 0 unspecified atom stereocenters. The molecule has 0 amide bonds. The summed E-state index contributed by atoms with van der Waals surface area (Å²) in [6, 6.07) is 10.1. The minimum absolute atomic E-state index is 0.178. The molecule has 0 aliphatic carbocycles. The van der Waals surface area contributed by atoms with Crippen molar-refractivity contribution in [2.45, 2.75) is 13.3 Å². The number of hydrogen-bond acceptors (Lipinski definition) is 5. The molecule has 0 N–H and O–H groups in total. The van der Waals surface area contributed by atoms with E-state index in [1.807, 2.05) is 19.1 Å². The molecule has 132 valence electrons. The Morgan fingerprint density at radius 3 is 2.24 bits per heavy atom. The van der Waals surface area contributed by atoms with Crippen LogP contribution in [0.2, 0.25) is 5.02 Å². The maximum absolute atomic E-state index is 12.2. The lowest BCUT2D eigenvalue weighted by molar-refractivity contribution is 0.0474. The minimum Gasteiger partial charge on any atom is -0.493 e. The Kier molecular flexibility index (Phi) is 6.42. The Bertz CT molecular complexity index is 768. The Labute approximate surface area is 151 Å². The first-order valence-corrected chi connectivity index (χ1v) is 8.08. The fourth-order valence-corrected chi connectivity index (χ4v) is 2.55. The van der Waals surface area contributed by atoms with Crippen LogP contribution in [0.15, 0.2) is 36.4 Å². The number of rotatable bonds is 7. The van der Waals surface area contributed by atoms with E-state index in [1.165, 1.54) is 26.4 Å². The second-order valence-electron chi connectivity index (χ2n) is 5.24. The average molecular weight is 363 g/mol. The zero-order valence-corrected chi connectivity index (χ0v) is 15.1. The summed E-state index contributed by atoms with van der Waals surface area (Å²) in [4.78, 5) is 24.3. The highest BCUT2D eigenvalue weighted by Crippen LogP contribution is 2.36. The molecule has 2 rings (SSSR count). The van der Waals surface area contributed by atoms with Crippen LogP contribution in [0.3, 0.4) is 0 Å². The molecular weight excluding hydrogens is 344 g/mol. The predicted molar refractivity (Wildman–Crippen MR) is 95.0 cm³/mol. The van der Waals surface area contributed by atoms with Gasteiger partial charge in [0, 0.05) is 5.56 Å². The summed E-state index contributed by atoms with van der Waals surface area (Å²) in [5.41, 5.74) is 1.81. The van der Waals surface area contributed by atoms with Crippen LogP contribution in [0, 0.1) is 0 Å². The molecule has 0 heterocycles. The molecule has 0 aliphatic heterocycles. The van der Waals surface area contributed by atoms with Gasteiger partial charge >= 0.3 is 5.97 Å². The number of methoxy groups -OCH3 is 2. The van der Waals surface area contributed by atoms with Gasteiger partial charge in [-0.25, -0.2) is 4.79 Å². The molecule has 0 bridgehead atoms. The van der Waals surface area contributed by atoms with Crippen molar-refractivity contribution in [1.82, 2.24) is 0 Å². The lowest BCUT2D eigenvalue weighted by Gasteiger charge is -2.11. The number of carbonyl (C=O) groups is 2. The normalized spacial score (nSPS) is 10.2. The van der Waals surface area contributed by atoms with Crippen LogP contribution in [0.25, 0.3) is 0 Å². The summed E-state index contributed by atoms with van der Waals surface area (Å²) in [6.45, 7) is 1.68. The first-order valence-electron chi connectivity index (χ1n) is 7.71. The highest BCUT2D eigenvalue weighted by atomic mass is 35.5. The van der Waals surface area contributed by atoms with Crippen LogP contribution in [0.4, 0.5) is 0 Å². The molecule has 25 heavy (non-hydrogen) atoms. The first kappa shape index (κ1) is 18.8. The standard InChI is InChI=1S/C19H19ClO5/c1-4-12-5-7-13(8-6-12)16(21)11-25-19(22)14-9-15(20)18(24-3)17(10-14)23-2/h5-10H,4,11H2,1-3H3. The van der Waals surface area contributed by atoms with E-state index in [1.54, 1.807) is 12.1 Å². The van der Waals surface area contributed by atoms with Crippen molar-refractivity contribution in [3.05, 3.63) is 58.1 Å². The molecular formula is C19H19ClO5. The van der Waals surface area contributed by atoms with Gasteiger partial charge in [-0.1, -0.05) is 42.8 Å². The maximum atomic E-state index is 12.2. The van der Waals surface area contributed by atoms with Gasteiger partial charge in [0.15, 0.2) is 23.9 Å². The number of esters is 1. The molecule has 0 aromatic heterocycles. The minimum atomic E-state index is -0.665. The van der Waals surface area contributed by atoms with Crippen LogP contribution in [0.1, 0.15) is 33.2 Å². The van der Waals surface area contributed by atoms with Crippen molar-refractivity contribution in [3.8, 4) is 11.5 Å². The van der Waals surface area contributed by atoms with E-state index >= 15 is 0 Å². The molecule has 0 aliphatic rings. The highest BCUT2D eigenvalue weighted by Gasteiger charge is 2.17. The molecule has 0 fully saturated rings. The van der Waals surface area contributed by atoms with Gasteiger partial charge in [0.1, 0.15) is 0 Å². The summed E-state index contributed by atoms with van der Waals surface area (Å²) in [6.07, 6.45) is 0.892. The van der Waals surface area contributed by atoms with Crippen LogP contribution in [0.5, 0.6) is 11.5 Å². The number of ketones is 1. The SMILES string of the molecule is CCc1ccc(C(=O)COC(=O)c2cc(Cl)c(OC)c(OC)c2)cc1. The molecule has 0 saturated heterocycles. The third-order valence-corrected chi connectivity index (χ3v) is 3.97. The van der Waals surface area contributed by atoms with E-state index in [4.69, 9.17) is 25.8 Å². The van der Waals surface area contributed by atoms with E-state index in [0.29, 0.717) is 17.1 Å². The number of Topliss-reactive ketones (excluding diaryl/α,β-unsaturated/α-hetero) is 1. The van der Waals surface area contributed by atoms with Crippen molar-refractivity contribution in [2.75, 3.05) is 20.8 Å². The van der Waals surface area contributed by atoms with Gasteiger partial charge in [0.25, 0.3) is 0 Å². The van der Waals surface area contributed by atoms with E-state index in [-0.39, 0.29) is 23.0 Å². The van der Waals surface area contributed by atoms with E-state index in [2.05, 4.69) is 0 Å². The largest absolute Gasteiger partial charge is 0.493 e. The predicted octanol–water partition coefficient (Wildman–Crippen LogP) is 3.96. The molecule has 0 saturated carbocycles. The fourth-order valence-electron chi connectivity index (χ4n) is 2.26. The van der Waals surface area contributed by atoms with Crippen LogP contribution < -0.4 is 9.47 Å². The Hall–Kier alpha value is -2.53. The van der Waals surface area contributed by atoms with Gasteiger partial charge in [-0.15, -0.1) is 0 Å². The molecule has 0 spiro atoms. The van der Waals surface area contributed by atoms with Crippen molar-refractivity contribution < 1.29 is 23.8 Å². The number of benzene rings is 2. The van der Waals surface area contributed by atoms with E-state index in [9.17, 15) is 9.59 Å². The second-order valence-corrected chi connectivity index (χ2v) is 5.65. The zero-order chi connectivity index (χ0) is 18.4. The third kappa shape index (κ3) is 4.51. The van der Waals surface area contributed by atoms with Gasteiger partial charge in [0.05, 0.1) is 24.8 Å². The Balaban J connectivity index is 2.06. The second kappa shape index (κ2) is 8.53. The van der Waals surface area contributed by atoms with E-state index < -0.39 is 5.97 Å². The highest BCUT2D eigenvalue weighted by molar-refractivity contribution is 6.32. The Morgan fingerprint density at radius 1 is 1.00 bits per heavy atom. The van der Waals surface area contributed by atoms with Crippen LogP contribution in [-0.4, -0.2) is 32.6 Å². The van der Waals surface area contributed by atoms with Gasteiger partial charge in [-0.2, -0.15) is 0 Å². The molecule has 2 aromatic carbocycles. The summed E-state index contributed by atoms with van der Waals surface area (Å²) in [7, 11) is 2.89. The summed E-state index contributed by atoms with van der Waals surface area (Å²) < 4.78 is 15.3. The smallest absolute Gasteiger partial charge is 0.338 e. The monoisotopic (exact) mass is 362 g/mol. The van der Waals surface area contributed by atoms with Gasteiger partial charge in [0.2, 0.25) is 0 Å². The maximum Gasteiger partial charge on any atom is 0.338 e. The molecule has 5 nitrogen and oxygen atoms in total. The summed E-state index contributed by atoms with van der Waals surface area (Å²) in [5, 5.41) is 0.218. The number of aryl methyl sites for hydroxylation is 1. The number of ether oxygens (including phenoxy) is 3. The topological polar surface area (TPSA) is 61.8 Å². The Morgan fingerprint density at radius 2 is 1.68 bits per heavy atom. The number of hydrogen-bond donors (Lipinski definition) is 0. The number of carbonyl (C=O) groups excluding carboxylic acids is 2. The van der Waals surface area contributed by atoms with Gasteiger partial charge in [-0.3, -0.25) is 4.79 Å². The van der Waals surface area contributed by atoms with E-state index in [0.717, 1.165) is 12.0 Å². The molecule has 6 heteroatoms. The van der Waals surface area contributed by atoms with Gasteiger partial charge in [-0.05, 0) is 24.1 Å². The molecule has 0 atom stereocenters. The lowest BCUT2D eigenvalue weighted by Crippen LogP contribution is -2.14. The van der Waals surface area contributed by atoms with Gasteiger partial charge < -0.3 is 14.2 Å². The fraction of sp³-hybridized carbons (Fsp3) is 0.263.